The van der Waals surface area contributed by atoms with Crippen molar-refractivity contribution in [3.05, 3.63) is 77.8 Å². The molecule has 0 unspecified atom stereocenters. The number of aryl methyl sites for hydroxylation is 1. The Balaban J connectivity index is 1.51. The van der Waals surface area contributed by atoms with Gasteiger partial charge in [0.1, 0.15) is 0 Å². The summed E-state index contributed by atoms with van der Waals surface area (Å²) < 4.78 is 5.23. The Kier molecular flexibility index (Phi) is 8.08. The first-order valence-corrected chi connectivity index (χ1v) is 19.1. The molecule has 0 saturated carbocycles. The number of hydrogen-bond acceptors (Lipinski definition) is 4. The molecule has 0 spiro atoms. The maximum Gasteiger partial charge on any atom is 0.261 e. The zero-order valence-electron chi connectivity index (χ0n) is 30.1. The number of unbranched alkanes of at least 4 members (excludes halogenated alkanes) is 4. The van der Waals surface area contributed by atoms with E-state index in [-0.39, 0.29) is 34.3 Å². The van der Waals surface area contributed by atoms with Crippen LogP contribution in [0.15, 0.2) is 55.6 Å². The van der Waals surface area contributed by atoms with E-state index >= 15 is 0 Å². The van der Waals surface area contributed by atoms with Gasteiger partial charge in [-0.1, -0.05) is 91.2 Å². The maximum atomic E-state index is 14.6. The number of nitrogens with zero attached hydrogens (tertiary/aromatic N) is 3. The molecule has 8 aromatic rings. The van der Waals surface area contributed by atoms with E-state index in [1.807, 2.05) is 43.4 Å². The molecule has 0 radical (unpaired) electrons. The van der Waals surface area contributed by atoms with Crippen LogP contribution in [0.3, 0.4) is 0 Å². The zero-order chi connectivity index (χ0) is 35.0. The Morgan fingerprint density at radius 1 is 0.440 bits per heavy atom. The number of benzene rings is 5. The Hall–Kier alpha value is -4.52. The van der Waals surface area contributed by atoms with Crippen LogP contribution in [0.25, 0.3) is 75.7 Å². The summed E-state index contributed by atoms with van der Waals surface area (Å²) in [6, 6.07) is 11.5. The number of hydrogen-bond donors (Lipinski definition) is 0. The molecule has 0 N–H and O–H groups in total. The first-order chi connectivity index (χ1) is 24.3. The van der Waals surface area contributed by atoms with E-state index in [2.05, 4.69) is 32.3 Å². The first-order valence-electron chi connectivity index (χ1n) is 19.1. The molecule has 0 saturated heterocycles. The van der Waals surface area contributed by atoms with Gasteiger partial charge in [-0.2, -0.15) is 0 Å². The molecule has 0 bridgehead atoms. The van der Waals surface area contributed by atoms with E-state index in [0.29, 0.717) is 21.5 Å². The molecular formula is C43H47N3O4. The van der Waals surface area contributed by atoms with Crippen LogP contribution >= 0.6 is 0 Å². The third-order valence-electron chi connectivity index (χ3n) is 11.9. The number of aromatic nitrogens is 3. The molecule has 50 heavy (non-hydrogen) atoms. The van der Waals surface area contributed by atoms with Gasteiger partial charge in [-0.3, -0.25) is 28.3 Å². The molecular weight excluding hydrogens is 622 g/mol. The third-order valence-corrected chi connectivity index (χ3v) is 11.9. The summed E-state index contributed by atoms with van der Waals surface area (Å²) in [4.78, 5) is 57.8. The molecule has 0 amide bonds. The quantitative estimate of drug-likeness (QED) is 0.0853. The predicted octanol–water partition coefficient (Wildman–Crippen LogP) is 9.74. The summed E-state index contributed by atoms with van der Waals surface area (Å²) in [5, 5.41) is 9.45. The zero-order valence-corrected chi connectivity index (χ0v) is 30.1. The summed E-state index contributed by atoms with van der Waals surface area (Å²) in [7, 11) is 2.00. The van der Waals surface area contributed by atoms with Crippen LogP contribution in [-0.2, 0) is 7.05 Å². The highest BCUT2D eigenvalue weighted by atomic mass is 16.2. The van der Waals surface area contributed by atoms with Gasteiger partial charge in [-0.05, 0) is 60.7 Å². The van der Waals surface area contributed by atoms with Gasteiger partial charge in [0, 0.05) is 62.2 Å². The summed E-state index contributed by atoms with van der Waals surface area (Å²) in [6.07, 6.45) is 11.1. The van der Waals surface area contributed by atoms with Crippen molar-refractivity contribution in [3.63, 3.8) is 0 Å². The van der Waals surface area contributed by atoms with E-state index in [1.165, 1.54) is 0 Å². The second-order valence-corrected chi connectivity index (χ2v) is 14.9. The van der Waals surface area contributed by atoms with E-state index in [9.17, 15) is 19.2 Å². The standard InChI is InChI=1S/C43H47N3O4/c1-6-10-14-24(15-11-7-2)45-40(47)28-20-18-26-27-19-21-29-35-31(43(50)46(41(29)48)25(16-12-8-3)17-13-9-4)23-33-39(37(27)35)38-32(44(33)5)22-30(42(45)49)34(28)36(26)38/h18-25H,6-17H2,1-5H3. The van der Waals surface area contributed by atoms with Gasteiger partial charge in [-0.25, -0.2) is 0 Å². The van der Waals surface area contributed by atoms with Gasteiger partial charge in [0.15, 0.2) is 0 Å². The molecule has 3 heterocycles. The van der Waals surface area contributed by atoms with Crippen LogP contribution in [0.5, 0.6) is 0 Å². The predicted molar refractivity (Wildman–Crippen MR) is 210 cm³/mol. The maximum absolute atomic E-state index is 14.6. The summed E-state index contributed by atoms with van der Waals surface area (Å²) in [5.74, 6) is 0. The number of rotatable bonds is 14. The minimum absolute atomic E-state index is 0.137. The van der Waals surface area contributed by atoms with Crippen LogP contribution in [0.4, 0.5) is 0 Å². The van der Waals surface area contributed by atoms with Gasteiger partial charge in [0.25, 0.3) is 22.2 Å². The van der Waals surface area contributed by atoms with E-state index in [0.717, 1.165) is 131 Å². The van der Waals surface area contributed by atoms with Crippen LogP contribution in [0.1, 0.15) is 117 Å². The molecule has 0 aliphatic rings. The molecule has 0 aliphatic carbocycles. The molecule has 0 atom stereocenters. The Labute approximate surface area is 290 Å². The van der Waals surface area contributed by atoms with Crippen molar-refractivity contribution in [1.29, 1.82) is 0 Å². The Morgan fingerprint density at radius 2 is 0.760 bits per heavy atom. The minimum Gasteiger partial charge on any atom is -0.344 e. The van der Waals surface area contributed by atoms with Crippen molar-refractivity contribution in [2.45, 2.75) is 117 Å². The molecule has 0 fully saturated rings. The molecule has 7 heteroatoms. The van der Waals surface area contributed by atoms with Crippen molar-refractivity contribution in [2.24, 2.45) is 7.05 Å². The van der Waals surface area contributed by atoms with Crippen LogP contribution in [0.2, 0.25) is 0 Å². The van der Waals surface area contributed by atoms with Crippen molar-refractivity contribution in [3.8, 4) is 0 Å². The average Bonchev–Trinajstić information content (AvgIpc) is 3.41. The largest absolute Gasteiger partial charge is 0.344 e. The van der Waals surface area contributed by atoms with E-state index in [4.69, 9.17) is 0 Å². The smallest absolute Gasteiger partial charge is 0.261 e. The highest BCUT2D eigenvalue weighted by Gasteiger charge is 2.29. The molecule has 5 aromatic carbocycles. The summed E-state index contributed by atoms with van der Waals surface area (Å²) in [6.45, 7) is 8.58. The highest BCUT2D eigenvalue weighted by Crippen LogP contribution is 2.49. The summed E-state index contributed by atoms with van der Waals surface area (Å²) in [5.41, 5.74) is 0.966. The van der Waals surface area contributed by atoms with Gasteiger partial charge in [0.05, 0.1) is 21.8 Å². The SMILES string of the molecule is CCCCC(CCCC)n1c(=O)c2ccc3c4ccc5c(=O)n(C(CCCC)CCCC)c(=O)c6cc7c(c4c56)c4c3c2c(cc4n7C)c1=O. The molecule has 258 valence electrons. The van der Waals surface area contributed by atoms with Gasteiger partial charge in [0.2, 0.25) is 0 Å². The fourth-order valence-corrected chi connectivity index (χ4v) is 9.34. The Morgan fingerprint density at radius 3 is 1.10 bits per heavy atom. The van der Waals surface area contributed by atoms with Crippen LogP contribution in [-0.4, -0.2) is 13.7 Å². The molecule has 3 aromatic heterocycles. The molecule has 0 aliphatic heterocycles. The molecule has 8 rings (SSSR count). The second-order valence-electron chi connectivity index (χ2n) is 14.9. The first kappa shape index (κ1) is 32.7. The minimum atomic E-state index is -0.212. The Bertz CT molecular complexity index is 2570. The lowest BCUT2D eigenvalue weighted by molar-refractivity contribution is 0.394. The highest BCUT2D eigenvalue weighted by molar-refractivity contribution is 6.45. The normalized spacial score (nSPS) is 12.9. The van der Waals surface area contributed by atoms with Gasteiger partial charge < -0.3 is 4.57 Å². The van der Waals surface area contributed by atoms with Crippen molar-refractivity contribution < 1.29 is 0 Å². The fraction of sp³-hybridized carbons (Fsp3) is 0.442. The van der Waals surface area contributed by atoms with E-state index in [1.54, 1.807) is 9.13 Å². The number of pyridine rings is 2. The molecule has 7 nitrogen and oxygen atoms in total. The van der Waals surface area contributed by atoms with Crippen LogP contribution in [0, 0.1) is 0 Å². The van der Waals surface area contributed by atoms with Crippen molar-refractivity contribution in [2.75, 3.05) is 0 Å². The lowest BCUT2D eigenvalue weighted by Crippen LogP contribution is -2.37. The summed E-state index contributed by atoms with van der Waals surface area (Å²) >= 11 is 0. The fourth-order valence-electron chi connectivity index (χ4n) is 9.34. The third kappa shape index (κ3) is 4.40. The number of fused-ring (bicyclic) bond motifs is 1. The average molecular weight is 670 g/mol. The lowest BCUT2D eigenvalue weighted by atomic mass is 9.86. The van der Waals surface area contributed by atoms with Crippen molar-refractivity contribution in [1.82, 2.24) is 13.7 Å². The topological polar surface area (TPSA) is 83.1 Å². The van der Waals surface area contributed by atoms with Gasteiger partial charge in [-0.15, -0.1) is 0 Å². The van der Waals surface area contributed by atoms with Crippen LogP contribution < -0.4 is 22.2 Å². The van der Waals surface area contributed by atoms with Gasteiger partial charge >= 0.3 is 0 Å². The lowest BCUT2D eigenvalue weighted by Gasteiger charge is -2.22. The van der Waals surface area contributed by atoms with E-state index < -0.39 is 0 Å². The monoisotopic (exact) mass is 669 g/mol. The van der Waals surface area contributed by atoms with Crippen molar-refractivity contribution >= 4 is 75.7 Å². The second kappa shape index (κ2) is 12.4.